The Labute approximate surface area is 100 Å². The number of methoxy groups -OCH3 is 1. The quantitative estimate of drug-likeness (QED) is 0.801. The van der Waals surface area contributed by atoms with Crippen LogP contribution in [0.25, 0.3) is 0 Å². The van der Waals surface area contributed by atoms with Crippen LogP contribution in [-0.2, 0) is 6.42 Å². The number of halogens is 1. The number of benzene rings is 1. The van der Waals surface area contributed by atoms with Crippen molar-refractivity contribution in [2.45, 2.75) is 19.0 Å². The Hall–Kier alpha value is -1.09. The summed E-state index contributed by atoms with van der Waals surface area (Å²) in [5.74, 6) is 1.54. The molecule has 3 nitrogen and oxygen atoms in total. The van der Waals surface area contributed by atoms with E-state index in [0.29, 0.717) is 5.88 Å². The maximum absolute atomic E-state index is 5.99. The van der Waals surface area contributed by atoms with Crippen LogP contribution in [0.2, 0.25) is 0 Å². The summed E-state index contributed by atoms with van der Waals surface area (Å²) < 4.78 is 5.32. The topological polar surface area (TPSA) is 24.5 Å². The van der Waals surface area contributed by atoms with Gasteiger partial charge in [-0.3, -0.25) is 0 Å². The van der Waals surface area contributed by atoms with Crippen molar-refractivity contribution in [1.82, 2.24) is 0 Å². The predicted octanol–water partition coefficient (Wildman–Crippen LogP) is 2.44. The highest BCUT2D eigenvalue weighted by molar-refractivity contribution is 6.18. The number of rotatable bonds is 2. The average Bonchev–Trinajstić information content (AvgIpc) is 2.69. The van der Waals surface area contributed by atoms with Crippen molar-refractivity contribution in [2.24, 2.45) is 0 Å². The third-order valence-electron chi connectivity index (χ3n) is 3.37. The van der Waals surface area contributed by atoms with Crippen molar-refractivity contribution in [3.8, 4) is 5.75 Å². The zero-order chi connectivity index (χ0) is 11.1. The van der Waals surface area contributed by atoms with Gasteiger partial charge >= 0.3 is 0 Å². The van der Waals surface area contributed by atoms with E-state index in [1.54, 1.807) is 7.11 Å². The van der Waals surface area contributed by atoms with Crippen molar-refractivity contribution in [2.75, 3.05) is 29.8 Å². The first kappa shape index (κ1) is 10.1. The minimum Gasteiger partial charge on any atom is -0.497 e. The van der Waals surface area contributed by atoms with Gasteiger partial charge in [0.2, 0.25) is 0 Å². The van der Waals surface area contributed by atoms with Gasteiger partial charge in [0.15, 0.2) is 0 Å². The van der Waals surface area contributed by atoms with Crippen LogP contribution in [0.3, 0.4) is 0 Å². The van der Waals surface area contributed by atoms with Crippen LogP contribution in [0.1, 0.15) is 12.0 Å². The van der Waals surface area contributed by atoms with Gasteiger partial charge in [0.1, 0.15) is 11.9 Å². The Kier molecular flexibility index (Phi) is 2.36. The molecule has 1 atom stereocenters. The van der Waals surface area contributed by atoms with E-state index in [4.69, 9.17) is 16.3 Å². The Morgan fingerprint density at radius 3 is 3.19 bits per heavy atom. The van der Waals surface area contributed by atoms with E-state index >= 15 is 0 Å². The summed E-state index contributed by atoms with van der Waals surface area (Å²) in [4.78, 5) is 2.38. The zero-order valence-electron chi connectivity index (χ0n) is 9.29. The molecule has 2 aliphatic rings. The molecule has 1 N–H and O–H groups in total. The molecule has 4 heteroatoms. The first-order valence-electron chi connectivity index (χ1n) is 5.63. The maximum atomic E-state index is 5.99. The fraction of sp³-hybridized carbons (Fsp3) is 0.500. The molecule has 0 saturated carbocycles. The smallest absolute Gasteiger partial charge is 0.121 e. The number of hydrogen-bond donors (Lipinski definition) is 1. The SMILES string of the molecule is COc1cc2c3c(c1)NC(CCl)N3CCC2. The predicted molar refractivity (Wildman–Crippen MR) is 66.8 cm³/mol. The number of hydrogen-bond acceptors (Lipinski definition) is 3. The molecule has 1 aromatic carbocycles. The summed E-state index contributed by atoms with van der Waals surface area (Å²) >= 11 is 5.99. The summed E-state index contributed by atoms with van der Waals surface area (Å²) in [6, 6.07) is 4.20. The van der Waals surface area contributed by atoms with Gasteiger partial charge in [-0.05, 0) is 24.5 Å². The molecular formula is C12H15ClN2O. The molecule has 0 fully saturated rings. The average molecular weight is 239 g/mol. The van der Waals surface area contributed by atoms with Crippen LogP contribution in [0, 0.1) is 0 Å². The second-order valence-electron chi connectivity index (χ2n) is 4.29. The van der Waals surface area contributed by atoms with Crippen LogP contribution >= 0.6 is 11.6 Å². The van der Waals surface area contributed by atoms with Gasteiger partial charge < -0.3 is 15.0 Å². The summed E-state index contributed by atoms with van der Waals surface area (Å²) in [6.07, 6.45) is 2.56. The standard InChI is InChI=1S/C12H15ClN2O/c1-16-9-5-8-3-2-4-15-11(7-13)14-10(6-9)12(8)15/h5-6,11,14H,2-4,7H2,1H3. The summed E-state index contributed by atoms with van der Waals surface area (Å²) in [7, 11) is 1.71. The van der Waals surface area contributed by atoms with E-state index in [-0.39, 0.29) is 6.17 Å². The summed E-state index contributed by atoms with van der Waals surface area (Å²) in [6.45, 7) is 1.09. The fourth-order valence-corrected chi connectivity index (χ4v) is 2.91. The van der Waals surface area contributed by atoms with Crippen molar-refractivity contribution < 1.29 is 4.74 Å². The third-order valence-corrected chi connectivity index (χ3v) is 3.67. The largest absolute Gasteiger partial charge is 0.497 e. The molecule has 2 aliphatic heterocycles. The summed E-state index contributed by atoms with van der Waals surface area (Å²) in [5, 5.41) is 3.45. The van der Waals surface area contributed by atoms with E-state index in [0.717, 1.165) is 18.7 Å². The molecule has 0 amide bonds. The normalized spacial score (nSPS) is 21.6. The van der Waals surface area contributed by atoms with Gasteiger partial charge in [-0.15, -0.1) is 11.6 Å². The highest BCUT2D eigenvalue weighted by atomic mass is 35.5. The van der Waals surface area contributed by atoms with Crippen molar-refractivity contribution in [1.29, 1.82) is 0 Å². The van der Waals surface area contributed by atoms with Crippen LogP contribution in [0.15, 0.2) is 12.1 Å². The highest BCUT2D eigenvalue weighted by Gasteiger charge is 2.32. The lowest BCUT2D eigenvalue weighted by molar-refractivity contribution is 0.414. The molecule has 3 rings (SSSR count). The molecule has 0 aromatic heterocycles. The lowest BCUT2D eigenvalue weighted by Gasteiger charge is -2.30. The number of anilines is 2. The van der Waals surface area contributed by atoms with E-state index in [9.17, 15) is 0 Å². The Morgan fingerprint density at radius 1 is 1.56 bits per heavy atom. The lowest BCUT2D eigenvalue weighted by Crippen LogP contribution is -2.39. The molecular weight excluding hydrogens is 224 g/mol. The second kappa shape index (κ2) is 3.74. The van der Waals surface area contributed by atoms with Crippen LogP contribution in [0.4, 0.5) is 11.4 Å². The number of nitrogens with zero attached hydrogens (tertiary/aromatic N) is 1. The molecule has 86 valence electrons. The van der Waals surface area contributed by atoms with E-state index in [1.807, 2.05) is 0 Å². The molecule has 2 heterocycles. The highest BCUT2D eigenvalue weighted by Crippen LogP contribution is 2.43. The maximum Gasteiger partial charge on any atom is 0.121 e. The van der Waals surface area contributed by atoms with Gasteiger partial charge in [0, 0.05) is 12.6 Å². The number of ether oxygens (including phenoxy) is 1. The summed E-state index contributed by atoms with van der Waals surface area (Å²) in [5.41, 5.74) is 3.87. The van der Waals surface area contributed by atoms with Gasteiger partial charge in [-0.25, -0.2) is 0 Å². The van der Waals surface area contributed by atoms with Gasteiger partial charge in [0.05, 0.1) is 24.4 Å². The first-order chi connectivity index (χ1) is 7.83. The number of nitrogens with one attached hydrogen (secondary N) is 1. The molecule has 0 bridgehead atoms. The van der Waals surface area contributed by atoms with Crippen LogP contribution < -0.4 is 15.0 Å². The molecule has 0 saturated heterocycles. The van der Waals surface area contributed by atoms with E-state index in [1.165, 1.54) is 23.4 Å². The monoisotopic (exact) mass is 238 g/mol. The van der Waals surface area contributed by atoms with E-state index in [2.05, 4.69) is 22.3 Å². The van der Waals surface area contributed by atoms with Gasteiger partial charge in [0.25, 0.3) is 0 Å². The Bertz CT molecular complexity index is 422. The lowest BCUT2D eigenvalue weighted by atomic mass is 10.0. The van der Waals surface area contributed by atoms with Crippen LogP contribution in [0.5, 0.6) is 5.75 Å². The van der Waals surface area contributed by atoms with Crippen LogP contribution in [-0.4, -0.2) is 25.7 Å². The Balaban J connectivity index is 2.10. The minimum atomic E-state index is 0.239. The molecule has 1 aromatic rings. The van der Waals surface area contributed by atoms with Crippen molar-refractivity contribution in [3.63, 3.8) is 0 Å². The molecule has 0 radical (unpaired) electrons. The van der Waals surface area contributed by atoms with Gasteiger partial charge in [-0.2, -0.15) is 0 Å². The molecule has 0 spiro atoms. The molecule has 0 aliphatic carbocycles. The Morgan fingerprint density at radius 2 is 2.44 bits per heavy atom. The third kappa shape index (κ3) is 1.34. The number of alkyl halides is 1. The van der Waals surface area contributed by atoms with Gasteiger partial charge in [-0.1, -0.05) is 0 Å². The number of aryl methyl sites for hydroxylation is 1. The van der Waals surface area contributed by atoms with Crippen molar-refractivity contribution >= 4 is 23.0 Å². The van der Waals surface area contributed by atoms with E-state index < -0.39 is 0 Å². The fourth-order valence-electron chi connectivity index (χ4n) is 2.67. The second-order valence-corrected chi connectivity index (χ2v) is 4.60. The van der Waals surface area contributed by atoms with Crippen molar-refractivity contribution in [3.05, 3.63) is 17.7 Å². The molecule has 1 unspecified atom stereocenters. The first-order valence-corrected chi connectivity index (χ1v) is 6.17. The zero-order valence-corrected chi connectivity index (χ0v) is 10.0. The molecule has 16 heavy (non-hydrogen) atoms. The minimum absolute atomic E-state index is 0.239.